The van der Waals surface area contributed by atoms with E-state index in [1.165, 1.54) is 17.2 Å². The number of halogens is 1. The highest BCUT2D eigenvalue weighted by molar-refractivity contribution is 5.79. The summed E-state index contributed by atoms with van der Waals surface area (Å²) in [5, 5.41) is 6.68. The zero-order chi connectivity index (χ0) is 19.8. The van der Waals surface area contributed by atoms with Gasteiger partial charge in [-0.25, -0.2) is 4.39 Å². The van der Waals surface area contributed by atoms with E-state index in [1.807, 2.05) is 31.1 Å². The van der Waals surface area contributed by atoms with Crippen molar-refractivity contribution in [1.29, 1.82) is 0 Å². The van der Waals surface area contributed by atoms with Crippen molar-refractivity contribution in [2.45, 2.75) is 32.9 Å². The first-order valence-corrected chi connectivity index (χ1v) is 9.32. The average molecular weight is 371 g/mol. The van der Waals surface area contributed by atoms with E-state index in [0.717, 1.165) is 18.1 Å². The van der Waals surface area contributed by atoms with E-state index in [4.69, 9.17) is 0 Å². The molecule has 4 nitrogen and oxygen atoms in total. The molecular formula is C22H31FN4. The normalized spacial score (nSPS) is 12.9. The number of aryl methyl sites for hydroxylation is 1. The second-order valence-electron chi connectivity index (χ2n) is 7.29. The Labute approximate surface area is 162 Å². The lowest BCUT2D eigenvalue weighted by molar-refractivity contribution is 0.392. The minimum atomic E-state index is -0.165. The third-order valence-electron chi connectivity index (χ3n) is 4.47. The molecule has 5 heteroatoms. The van der Waals surface area contributed by atoms with Crippen LogP contribution in [0, 0.1) is 12.7 Å². The van der Waals surface area contributed by atoms with Crippen LogP contribution in [0.25, 0.3) is 0 Å². The highest BCUT2D eigenvalue weighted by Gasteiger charge is 2.08. The maximum Gasteiger partial charge on any atom is 0.191 e. The zero-order valence-electron chi connectivity index (χ0n) is 17.0. The summed E-state index contributed by atoms with van der Waals surface area (Å²) < 4.78 is 13.9. The number of rotatable bonds is 7. The fourth-order valence-electron chi connectivity index (χ4n) is 2.95. The first kappa shape index (κ1) is 20.9. The molecule has 0 aliphatic rings. The molecule has 1 atom stereocenters. The first-order chi connectivity index (χ1) is 12.9. The summed E-state index contributed by atoms with van der Waals surface area (Å²) in [5.41, 5.74) is 4.31. The SMILES string of the molecule is CN=C(NCc1ccc(F)c(CN(C)C)c1)NCC(C)c1cccc(C)c1. The van der Waals surface area contributed by atoms with Gasteiger partial charge in [0.05, 0.1) is 0 Å². The van der Waals surface area contributed by atoms with Gasteiger partial charge in [-0.2, -0.15) is 0 Å². The van der Waals surface area contributed by atoms with Gasteiger partial charge in [-0.15, -0.1) is 0 Å². The van der Waals surface area contributed by atoms with Gasteiger partial charge in [-0.05, 0) is 50.2 Å². The largest absolute Gasteiger partial charge is 0.356 e. The minimum Gasteiger partial charge on any atom is -0.356 e. The zero-order valence-corrected chi connectivity index (χ0v) is 17.0. The molecule has 27 heavy (non-hydrogen) atoms. The van der Waals surface area contributed by atoms with E-state index in [-0.39, 0.29) is 5.82 Å². The van der Waals surface area contributed by atoms with Crippen molar-refractivity contribution in [2.24, 2.45) is 4.99 Å². The lowest BCUT2D eigenvalue weighted by Crippen LogP contribution is -2.38. The van der Waals surface area contributed by atoms with Gasteiger partial charge in [0.2, 0.25) is 0 Å². The number of hydrogen-bond donors (Lipinski definition) is 2. The molecule has 2 rings (SSSR count). The van der Waals surface area contributed by atoms with Crippen molar-refractivity contribution >= 4 is 5.96 Å². The Morgan fingerprint density at radius 1 is 1.15 bits per heavy atom. The Morgan fingerprint density at radius 3 is 2.59 bits per heavy atom. The molecule has 0 heterocycles. The Bertz CT molecular complexity index is 771. The molecule has 0 saturated heterocycles. The van der Waals surface area contributed by atoms with Crippen molar-refractivity contribution in [1.82, 2.24) is 15.5 Å². The summed E-state index contributed by atoms with van der Waals surface area (Å²) in [5.74, 6) is 0.955. The number of nitrogens with one attached hydrogen (secondary N) is 2. The highest BCUT2D eigenvalue weighted by Crippen LogP contribution is 2.15. The Morgan fingerprint density at radius 2 is 1.93 bits per heavy atom. The molecule has 0 aromatic heterocycles. The third-order valence-corrected chi connectivity index (χ3v) is 4.47. The molecular weight excluding hydrogens is 339 g/mol. The predicted molar refractivity (Wildman–Crippen MR) is 112 cm³/mol. The Hall–Kier alpha value is -2.40. The topological polar surface area (TPSA) is 39.7 Å². The molecule has 0 spiro atoms. The molecule has 1 unspecified atom stereocenters. The average Bonchev–Trinajstić information content (AvgIpc) is 2.63. The van der Waals surface area contributed by atoms with Crippen molar-refractivity contribution in [3.63, 3.8) is 0 Å². The van der Waals surface area contributed by atoms with Crippen molar-refractivity contribution in [3.8, 4) is 0 Å². The molecule has 0 bridgehead atoms. The van der Waals surface area contributed by atoms with Crippen molar-refractivity contribution in [3.05, 3.63) is 70.5 Å². The molecule has 0 amide bonds. The fourth-order valence-corrected chi connectivity index (χ4v) is 2.95. The molecule has 2 N–H and O–H groups in total. The number of benzene rings is 2. The summed E-state index contributed by atoms with van der Waals surface area (Å²) in [4.78, 5) is 6.25. The maximum absolute atomic E-state index is 13.9. The molecule has 2 aromatic carbocycles. The van der Waals surface area contributed by atoms with Gasteiger partial charge in [0.15, 0.2) is 5.96 Å². The van der Waals surface area contributed by atoms with Gasteiger partial charge in [0.1, 0.15) is 5.82 Å². The van der Waals surface area contributed by atoms with Crippen LogP contribution >= 0.6 is 0 Å². The van der Waals surface area contributed by atoms with Gasteiger partial charge in [-0.1, -0.05) is 42.8 Å². The molecule has 146 valence electrons. The standard InChI is InChI=1S/C22H31FN4/c1-16-7-6-8-19(11-16)17(2)13-25-22(24-3)26-14-18-9-10-21(23)20(12-18)15-27(4)5/h6-12,17H,13-15H2,1-5H3,(H2,24,25,26). The van der Waals surface area contributed by atoms with Crippen LogP contribution in [-0.2, 0) is 13.1 Å². The van der Waals surface area contributed by atoms with Gasteiger partial charge >= 0.3 is 0 Å². The summed E-state index contributed by atoms with van der Waals surface area (Å²) in [6, 6.07) is 13.8. The molecule has 0 fully saturated rings. The van der Waals surface area contributed by atoms with Crippen molar-refractivity contribution < 1.29 is 4.39 Å². The number of aliphatic imine (C=N–C) groups is 1. The Balaban J connectivity index is 1.90. The van der Waals surface area contributed by atoms with E-state index in [0.29, 0.717) is 24.6 Å². The molecule has 0 saturated carbocycles. The molecule has 2 aromatic rings. The quantitative estimate of drug-likeness (QED) is 0.577. The third kappa shape index (κ3) is 6.68. The lowest BCUT2D eigenvalue weighted by atomic mass is 9.99. The summed E-state index contributed by atoms with van der Waals surface area (Å²) in [6.07, 6.45) is 0. The molecule has 0 aliphatic carbocycles. The summed E-state index contributed by atoms with van der Waals surface area (Å²) in [7, 11) is 5.63. The number of guanidine groups is 1. The van der Waals surface area contributed by atoms with Gasteiger partial charge < -0.3 is 15.5 Å². The van der Waals surface area contributed by atoms with Crippen LogP contribution in [0.5, 0.6) is 0 Å². The first-order valence-electron chi connectivity index (χ1n) is 9.32. The number of hydrogen-bond acceptors (Lipinski definition) is 2. The van der Waals surface area contributed by atoms with Crippen LogP contribution in [0.1, 0.15) is 35.1 Å². The van der Waals surface area contributed by atoms with E-state index in [1.54, 1.807) is 7.05 Å². The van der Waals surface area contributed by atoms with Gasteiger partial charge in [0.25, 0.3) is 0 Å². The van der Waals surface area contributed by atoms with Crippen LogP contribution < -0.4 is 10.6 Å². The van der Waals surface area contributed by atoms with E-state index < -0.39 is 0 Å². The maximum atomic E-state index is 13.9. The van der Waals surface area contributed by atoms with Crippen LogP contribution in [0.3, 0.4) is 0 Å². The Kier molecular flexibility index (Phi) is 7.80. The fraction of sp³-hybridized carbons (Fsp3) is 0.409. The molecule has 0 radical (unpaired) electrons. The highest BCUT2D eigenvalue weighted by atomic mass is 19.1. The van der Waals surface area contributed by atoms with Crippen LogP contribution in [0.2, 0.25) is 0 Å². The monoisotopic (exact) mass is 370 g/mol. The number of nitrogens with zero attached hydrogens (tertiary/aromatic N) is 2. The smallest absolute Gasteiger partial charge is 0.191 e. The minimum absolute atomic E-state index is 0.165. The van der Waals surface area contributed by atoms with Gasteiger partial charge in [0, 0.05) is 32.2 Å². The van der Waals surface area contributed by atoms with Crippen LogP contribution in [0.15, 0.2) is 47.5 Å². The van der Waals surface area contributed by atoms with E-state index in [9.17, 15) is 4.39 Å². The van der Waals surface area contributed by atoms with Crippen LogP contribution in [0.4, 0.5) is 4.39 Å². The summed E-state index contributed by atoms with van der Waals surface area (Å²) >= 11 is 0. The van der Waals surface area contributed by atoms with Crippen molar-refractivity contribution in [2.75, 3.05) is 27.7 Å². The predicted octanol–water partition coefficient (Wildman–Crippen LogP) is 3.66. The summed E-state index contributed by atoms with van der Waals surface area (Å²) in [6.45, 7) is 6.28. The van der Waals surface area contributed by atoms with E-state index in [2.05, 4.69) is 53.7 Å². The van der Waals surface area contributed by atoms with Gasteiger partial charge in [-0.3, -0.25) is 4.99 Å². The van der Waals surface area contributed by atoms with E-state index >= 15 is 0 Å². The van der Waals surface area contributed by atoms with Crippen LogP contribution in [-0.4, -0.2) is 38.5 Å². The second-order valence-corrected chi connectivity index (χ2v) is 7.29. The molecule has 0 aliphatic heterocycles. The second kappa shape index (κ2) is 10.1. The lowest BCUT2D eigenvalue weighted by Gasteiger charge is -2.17.